The summed E-state index contributed by atoms with van der Waals surface area (Å²) in [4.78, 5) is 4.26. The van der Waals surface area contributed by atoms with E-state index < -0.39 is 0 Å². The average molecular weight is 266 g/mol. The number of aryl methyl sites for hydroxylation is 2. The molecule has 2 nitrogen and oxygen atoms in total. The van der Waals surface area contributed by atoms with Crippen molar-refractivity contribution in [1.82, 2.24) is 4.98 Å². The number of pyridine rings is 1. The quantitative estimate of drug-likeness (QED) is 0.915. The van der Waals surface area contributed by atoms with Gasteiger partial charge in [-0.3, -0.25) is 4.98 Å². The Bertz CT molecular complexity index is 591. The molecular formula is C18H22N2. The third-order valence-corrected chi connectivity index (χ3v) is 4.36. The minimum Gasteiger partial charge on any atom is -0.324 e. The molecule has 2 aromatic rings. The molecule has 1 aliphatic carbocycles. The molecule has 20 heavy (non-hydrogen) atoms. The third-order valence-electron chi connectivity index (χ3n) is 4.36. The summed E-state index contributed by atoms with van der Waals surface area (Å²) < 4.78 is 0. The Balaban J connectivity index is 1.79. The van der Waals surface area contributed by atoms with Crippen LogP contribution in [0.2, 0.25) is 0 Å². The Morgan fingerprint density at radius 2 is 2.15 bits per heavy atom. The van der Waals surface area contributed by atoms with Crippen LogP contribution < -0.4 is 5.73 Å². The van der Waals surface area contributed by atoms with Gasteiger partial charge in [0.05, 0.1) is 0 Å². The molecule has 1 aliphatic rings. The molecule has 1 aromatic carbocycles. The topological polar surface area (TPSA) is 38.9 Å². The van der Waals surface area contributed by atoms with Gasteiger partial charge in [-0.2, -0.15) is 0 Å². The van der Waals surface area contributed by atoms with Crippen LogP contribution in [-0.2, 0) is 6.42 Å². The smallest absolute Gasteiger partial charge is 0.0316 e. The first-order valence-electron chi connectivity index (χ1n) is 7.49. The van der Waals surface area contributed by atoms with Crippen LogP contribution in [0, 0.1) is 6.92 Å². The van der Waals surface area contributed by atoms with Gasteiger partial charge < -0.3 is 5.73 Å². The van der Waals surface area contributed by atoms with Crippen LogP contribution in [0.15, 0.2) is 42.7 Å². The molecule has 2 heteroatoms. The van der Waals surface area contributed by atoms with E-state index in [9.17, 15) is 0 Å². The number of rotatable bonds is 3. The summed E-state index contributed by atoms with van der Waals surface area (Å²) in [6.45, 7) is 2.07. The van der Waals surface area contributed by atoms with Crippen LogP contribution in [0.3, 0.4) is 0 Å². The summed E-state index contributed by atoms with van der Waals surface area (Å²) in [6, 6.07) is 11.1. The molecule has 3 rings (SSSR count). The Labute approximate surface area is 121 Å². The highest BCUT2D eigenvalue weighted by Crippen LogP contribution is 2.36. The number of hydrogen-bond donors (Lipinski definition) is 1. The summed E-state index contributed by atoms with van der Waals surface area (Å²) >= 11 is 0. The van der Waals surface area contributed by atoms with E-state index >= 15 is 0 Å². The standard InChI is InChI=1S/C18H22N2/c1-13-9-16(12-20-11-13)18(19)10-15-7-4-6-14-5-2-3-8-17(14)15/h2-3,5,8-9,11-12,15,18H,4,6-7,10,19H2,1H3. The normalized spacial score (nSPS) is 19.4. The summed E-state index contributed by atoms with van der Waals surface area (Å²) in [7, 11) is 0. The molecule has 0 fully saturated rings. The van der Waals surface area contributed by atoms with E-state index in [-0.39, 0.29) is 6.04 Å². The van der Waals surface area contributed by atoms with Gasteiger partial charge in [0.25, 0.3) is 0 Å². The predicted molar refractivity (Wildman–Crippen MR) is 82.6 cm³/mol. The molecule has 2 unspecified atom stereocenters. The highest BCUT2D eigenvalue weighted by molar-refractivity contribution is 5.33. The molecule has 0 radical (unpaired) electrons. The lowest BCUT2D eigenvalue weighted by Crippen LogP contribution is -2.18. The molecule has 2 atom stereocenters. The fourth-order valence-corrected chi connectivity index (χ4v) is 3.32. The Morgan fingerprint density at radius 1 is 1.30 bits per heavy atom. The molecular weight excluding hydrogens is 244 g/mol. The van der Waals surface area contributed by atoms with Crippen LogP contribution >= 0.6 is 0 Å². The summed E-state index contributed by atoms with van der Waals surface area (Å²) in [6.07, 6.45) is 8.55. The van der Waals surface area contributed by atoms with Crippen LogP contribution in [-0.4, -0.2) is 4.98 Å². The van der Waals surface area contributed by atoms with Crippen LogP contribution in [0.1, 0.15) is 53.5 Å². The lowest BCUT2D eigenvalue weighted by Gasteiger charge is -2.27. The van der Waals surface area contributed by atoms with Gasteiger partial charge in [0.15, 0.2) is 0 Å². The highest BCUT2D eigenvalue weighted by atomic mass is 14.7. The van der Waals surface area contributed by atoms with Gasteiger partial charge >= 0.3 is 0 Å². The second-order valence-corrected chi connectivity index (χ2v) is 5.93. The predicted octanol–water partition coefficient (Wildman–Crippen LogP) is 3.90. The largest absolute Gasteiger partial charge is 0.324 e. The Morgan fingerprint density at radius 3 is 3.00 bits per heavy atom. The number of hydrogen-bond acceptors (Lipinski definition) is 2. The van der Waals surface area contributed by atoms with Crippen molar-refractivity contribution in [3.8, 4) is 0 Å². The molecule has 2 N–H and O–H groups in total. The van der Waals surface area contributed by atoms with Gasteiger partial charge in [-0.1, -0.05) is 30.3 Å². The molecule has 0 bridgehead atoms. The SMILES string of the molecule is Cc1cncc(C(N)CC2CCCc3ccccc32)c1. The monoisotopic (exact) mass is 266 g/mol. The average Bonchev–Trinajstić information content (AvgIpc) is 2.47. The zero-order valence-corrected chi connectivity index (χ0v) is 12.0. The van der Waals surface area contributed by atoms with Crippen molar-refractivity contribution in [2.45, 2.75) is 44.6 Å². The van der Waals surface area contributed by atoms with E-state index in [1.54, 1.807) is 0 Å². The van der Waals surface area contributed by atoms with Gasteiger partial charge in [-0.25, -0.2) is 0 Å². The maximum atomic E-state index is 6.41. The maximum absolute atomic E-state index is 6.41. The van der Waals surface area contributed by atoms with Crippen molar-refractivity contribution >= 4 is 0 Å². The number of fused-ring (bicyclic) bond motifs is 1. The van der Waals surface area contributed by atoms with Gasteiger partial charge in [-0.05, 0) is 60.8 Å². The lowest BCUT2D eigenvalue weighted by atomic mass is 9.79. The molecule has 104 valence electrons. The lowest BCUT2D eigenvalue weighted by molar-refractivity contribution is 0.476. The molecule has 0 aliphatic heterocycles. The fraction of sp³-hybridized carbons (Fsp3) is 0.389. The van der Waals surface area contributed by atoms with Gasteiger partial charge in [-0.15, -0.1) is 0 Å². The number of aromatic nitrogens is 1. The summed E-state index contributed by atoms with van der Waals surface area (Å²) in [5.41, 5.74) is 11.8. The number of nitrogens with zero attached hydrogens (tertiary/aromatic N) is 1. The van der Waals surface area contributed by atoms with E-state index in [1.165, 1.54) is 36.0 Å². The second-order valence-electron chi connectivity index (χ2n) is 5.93. The van der Waals surface area contributed by atoms with E-state index in [4.69, 9.17) is 5.73 Å². The number of benzene rings is 1. The van der Waals surface area contributed by atoms with Crippen LogP contribution in [0.4, 0.5) is 0 Å². The first-order valence-corrected chi connectivity index (χ1v) is 7.49. The Hall–Kier alpha value is -1.67. The molecule has 1 aromatic heterocycles. The van der Waals surface area contributed by atoms with Crippen molar-refractivity contribution in [2.24, 2.45) is 5.73 Å². The first kappa shape index (κ1) is 13.3. The Kier molecular flexibility index (Phi) is 3.83. The molecule has 0 amide bonds. The van der Waals surface area contributed by atoms with Gasteiger partial charge in [0.2, 0.25) is 0 Å². The molecule has 0 saturated carbocycles. The zero-order valence-electron chi connectivity index (χ0n) is 12.0. The summed E-state index contributed by atoms with van der Waals surface area (Å²) in [5.74, 6) is 0.593. The summed E-state index contributed by atoms with van der Waals surface area (Å²) in [5, 5.41) is 0. The molecule has 0 saturated heterocycles. The first-order chi connectivity index (χ1) is 9.74. The van der Waals surface area contributed by atoms with Crippen LogP contribution in [0.5, 0.6) is 0 Å². The van der Waals surface area contributed by atoms with Crippen molar-refractivity contribution < 1.29 is 0 Å². The highest BCUT2D eigenvalue weighted by Gasteiger charge is 2.22. The van der Waals surface area contributed by atoms with Crippen LogP contribution in [0.25, 0.3) is 0 Å². The fourth-order valence-electron chi connectivity index (χ4n) is 3.32. The third kappa shape index (κ3) is 2.75. The minimum absolute atomic E-state index is 0.0820. The van der Waals surface area contributed by atoms with Crippen molar-refractivity contribution in [3.05, 3.63) is 65.0 Å². The van der Waals surface area contributed by atoms with E-state index in [0.29, 0.717) is 5.92 Å². The van der Waals surface area contributed by atoms with E-state index in [0.717, 1.165) is 12.0 Å². The van der Waals surface area contributed by atoms with Gasteiger partial charge in [0, 0.05) is 18.4 Å². The van der Waals surface area contributed by atoms with Crippen molar-refractivity contribution in [2.75, 3.05) is 0 Å². The van der Waals surface area contributed by atoms with E-state index in [2.05, 4.69) is 42.2 Å². The van der Waals surface area contributed by atoms with Crippen molar-refractivity contribution in [3.63, 3.8) is 0 Å². The molecule has 1 heterocycles. The minimum atomic E-state index is 0.0820. The zero-order chi connectivity index (χ0) is 13.9. The second kappa shape index (κ2) is 5.76. The van der Waals surface area contributed by atoms with Gasteiger partial charge in [0.1, 0.15) is 0 Å². The van der Waals surface area contributed by atoms with Crippen molar-refractivity contribution in [1.29, 1.82) is 0 Å². The molecule has 0 spiro atoms. The van der Waals surface area contributed by atoms with E-state index in [1.807, 2.05) is 12.4 Å². The number of nitrogens with two attached hydrogens (primary N) is 1. The maximum Gasteiger partial charge on any atom is 0.0316 e.